The Morgan fingerprint density at radius 1 is 1.04 bits per heavy atom. The summed E-state index contributed by atoms with van der Waals surface area (Å²) in [5.74, 6) is 0.713. The summed E-state index contributed by atoms with van der Waals surface area (Å²) >= 11 is 1.40. The molecule has 0 saturated heterocycles. The first-order valence-corrected chi connectivity index (χ1v) is 10.1. The fourth-order valence-corrected chi connectivity index (χ4v) is 3.62. The molecule has 1 atom stereocenters. The number of hydrogen-bond donors (Lipinski definition) is 1. The number of rotatable bonds is 6. The van der Waals surface area contributed by atoms with Crippen LogP contribution in [-0.2, 0) is 4.79 Å². The molecule has 0 aliphatic carbocycles. The van der Waals surface area contributed by atoms with Crippen molar-refractivity contribution >= 4 is 17.7 Å². The Kier molecular flexibility index (Phi) is 6.14. The minimum Gasteiger partial charge on any atom is -0.353 e. The maximum absolute atomic E-state index is 12.4. The number of thioether (sulfide) groups is 1. The van der Waals surface area contributed by atoms with Crippen LogP contribution in [0.15, 0.2) is 47.9 Å². The lowest BCUT2D eigenvalue weighted by atomic mass is 10.1. The summed E-state index contributed by atoms with van der Waals surface area (Å²) in [6, 6.07) is 10.2. The molecule has 2 aromatic heterocycles. The van der Waals surface area contributed by atoms with Gasteiger partial charge >= 0.3 is 0 Å². The predicted octanol–water partition coefficient (Wildman–Crippen LogP) is 3.95. The summed E-state index contributed by atoms with van der Waals surface area (Å²) in [5.41, 5.74) is 4.31. The molecule has 146 valence electrons. The molecule has 0 bridgehead atoms. The van der Waals surface area contributed by atoms with Gasteiger partial charge in [-0.2, -0.15) is 0 Å². The zero-order chi connectivity index (χ0) is 20.3. The maximum Gasteiger partial charge on any atom is 0.233 e. The van der Waals surface area contributed by atoms with Crippen molar-refractivity contribution in [2.75, 3.05) is 0 Å². The largest absolute Gasteiger partial charge is 0.353 e. The predicted molar refractivity (Wildman–Crippen MR) is 113 cm³/mol. The van der Waals surface area contributed by atoms with E-state index in [9.17, 15) is 4.79 Å². The van der Waals surface area contributed by atoms with Crippen LogP contribution in [0.25, 0.3) is 17.1 Å². The van der Waals surface area contributed by atoms with Gasteiger partial charge in [-0.25, -0.2) is 0 Å². The lowest BCUT2D eigenvalue weighted by Crippen LogP contribution is -2.36. The number of carbonyl (C=O) groups excluding carboxylic acids is 1. The van der Waals surface area contributed by atoms with Gasteiger partial charge in [0.05, 0.1) is 10.9 Å². The smallest absolute Gasteiger partial charge is 0.233 e. The molecule has 0 radical (unpaired) electrons. The van der Waals surface area contributed by atoms with Crippen LogP contribution in [0.4, 0.5) is 0 Å². The van der Waals surface area contributed by atoms with E-state index in [-0.39, 0.29) is 17.2 Å². The number of carbonyl (C=O) groups is 1. The monoisotopic (exact) mass is 395 g/mol. The van der Waals surface area contributed by atoms with Crippen molar-refractivity contribution in [3.05, 3.63) is 53.9 Å². The highest BCUT2D eigenvalue weighted by Crippen LogP contribution is 2.30. The highest BCUT2D eigenvalue weighted by molar-refractivity contribution is 8.00. The van der Waals surface area contributed by atoms with Crippen molar-refractivity contribution in [3.8, 4) is 17.1 Å². The molecule has 1 aromatic carbocycles. The Labute approximate surface area is 169 Å². The number of pyridine rings is 1. The van der Waals surface area contributed by atoms with Crippen LogP contribution in [0, 0.1) is 13.8 Å². The maximum atomic E-state index is 12.4. The molecule has 0 aliphatic rings. The zero-order valence-electron chi connectivity index (χ0n) is 16.8. The third kappa shape index (κ3) is 4.42. The molecule has 3 aromatic rings. The van der Waals surface area contributed by atoms with Crippen molar-refractivity contribution in [2.24, 2.45) is 0 Å². The van der Waals surface area contributed by atoms with Gasteiger partial charge in [-0.3, -0.25) is 14.3 Å². The third-order valence-electron chi connectivity index (χ3n) is 4.40. The standard InChI is InChI=1S/C21H25N5OS/c1-13(2)23-20(27)16(5)28-21-25-24-19(17-8-10-22-11-9-17)26(21)18-7-6-14(3)15(4)12-18/h6-13,16H,1-5H3,(H,23,27)/t16-/m1/s1. The van der Waals surface area contributed by atoms with E-state index in [1.54, 1.807) is 12.4 Å². The first-order chi connectivity index (χ1) is 13.4. The van der Waals surface area contributed by atoms with Crippen LogP contribution in [0.5, 0.6) is 0 Å². The highest BCUT2D eigenvalue weighted by Gasteiger charge is 2.22. The molecule has 0 aliphatic heterocycles. The highest BCUT2D eigenvalue weighted by atomic mass is 32.2. The number of aryl methyl sites for hydroxylation is 2. The van der Waals surface area contributed by atoms with Crippen LogP contribution in [0.3, 0.4) is 0 Å². The van der Waals surface area contributed by atoms with Gasteiger partial charge in [0.1, 0.15) is 0 Å². The second-order valence-corrected chi connectivity index (χ2v) is 8.38. The van der Waals surface area contributed by atoms with Crippen LogP contribution in [0.1, 0.15) is 31.9 Å². The van der Waals surface area contributed by atoms with Gasteiger partial charge in [0.25, 0.3) is 0 Å². The van der Waals surface area contributed by atoms with E-state index in [1.807, 2.05) is 37.5 Å². The van der Waals surface area contributed by atoms with E-state index in [1.165, 1.54) is 22.9 Å². The van der Waals surface area contributed by atoms with Crippen molar-refractivity contribution in [1.82, 2.24) is 25.1 Å². The molecule has 6 nitrogen and oxygen atoms in total. The quantitative estimate of drug-likeness (QED) is 0.640. The molecule has 0 spiro atoms. The number of benzene rings is 1. The topological polar surface area (TPSA) is 72.7 Å². The van der Waals surface area contributed by atoms with Gasteiger partial charge in [-0.05, 0) is 70.0 Å². The molecular formula is C21H25N5OS. The Morgan fingerprint density at radius 3 is 2.39 bits per heavy atom. The number of nitrogens with zero attached hydrogens (tertiary/aromatic N) is 4. The van der Waals surface area contributed by atoms with Crippen molar-refractivity contribution in [3.63, 3.8) is 0 Å². The molecule has 0 saturated carbocycles. The van der Waals surface area contributed by atoms with Crippen LogP contribution in [0.2, 0.25) is 0 Å². The molecule has 0 fully saturated rings. The van der Waals surface area contributed by atoms with Crippen LogP contribution in [-0.4, -0.2) is 36.9 Å². The molecule has 2 heterocycles. The van der Waals surface area contributed by atoms with Gasteiger partial charge in [0, 0.05) is 24.0 Å². The van der Waals surface area contributed by atoms with Gasteiger partial charge < -0.3 is 5.32 Å². The summed E-state index contributed by atoms with van der Waals surface area (Å²) < 4.78 is 2.01. The summed E-state index contributed by atoms with van der Waals surface area (Å²) in [4.78, 5) is 16.5. The van der Waals surface area contributed by atoms with E-state index in [0.29, 0.717) is 5.16 Å². The summed E-state index contributed by atoms with van der Waals surface area (Å²) in [6.45, 7) is 9.96. The van der Waals surface area contributed by atoms with Gasteiger partial charge in [0.15, 0.2) is 11.0 Å². The van der Waals surface area contributed by atoms with Gasteiger partial charge in [-0.1, -0.05) is 17.8 Å². The van der Waals surface area contributed by atoms with Gasteiger partial charge in [-0.15, -0.1) is 10.2 Å². The Hall–Kier alpha value is -2.67. The van der Waals surface area contributed by atoms with E-state index in [0.717, 1.165) is 17.1 Å². The van der Waals surface area contributed by atoms with Crippen molar-refractivity contribution in [1.29, 1.82) is 0 Å². The minimum absolute atomic E-state index is 0.0138. The van der Waals surface area contributed by atoms with E-state index in [2.05, 4.69) is 52.5 Å². The normalized spacial score (nSPS) is 12.2. The Morgan fingerprint density at radius 2 is 1.75 bits per heavy atom. The number of amides is 1. The SMILES string of the molecule is Cc1ccc(-n2c(S[C@H](C)C(=O)NC(C)C)nnc2-c2ccncc2)cc1C. The summed E-state index contributed by atoms with van der Waals surface area (Å²) in [7, 11) is 0. The molecule has 1 amide bonds. The molecule has 0 unspecified atom stereocenters. The lowest BCUT2D eigenvalue weighted by molar-refractivity contribution is -0.120. The van der Waals surface area contributed by atoms with E-state index < -0.39 is 0 Å². The minimum atomic E-state index is -0.290. The number of hydrogen-bond acceptors (Lipinski definition) is 5. The van der Waals surface area contributed by atoms with E-state index in [4.69, 9.17) is 0 Å². The first kappa shape index (κ1) is 20.1. The molecule has 7 heteroatoms. The van der Waals surface area contributed by atoms with E-state index >= 15 is 0 Å². The average molecular weight is 396 g/mol. The number of aromatic nitrogens is 4. The van der Waals surface area contributed by atoms with Crippen molar-refractivity contribution < 1.29 is 4.79 Å². The van der Waals surface area contributed by atoms with Gasteiger partial charge in [0.2, 0.25) is 5.91 Å². The molecule has 1 N–H and O–H groups in total. The first-order valence-electron chi connectivity index (χ1n) is 9.27. The summed E-state index contributed by atoms with van der Waals surface area (Å²) in [6.07, 6.45) is 3.47. The second-order valence-electron chi connectivity index (χ2n) is 7.07. The fraction of sp³-hybridized carbons (Fsp3) is 0.333. The summed E-state index contributed by atoms with van der Waals surface area (Å²) in [5, 5.41) is 12.2. The van der Waals surface area contributed by atoms with Crippen LogP contribution >= 0.6 is 11.8 Å². The average Bonchev–Trinajstić information content (AvgIpc) is 3.07. The Balaban J connectivity index is 2.04. The Bertz CT molecular complexity index is 968. The molecular weight excluding hydrogens is 370 g/mol. The molecule has 28 heavy (non-hydrogen) atoms. The van der Waals surface area contributed by atoms with Crippen molar-refractivity contribution in [2.45, 2.75) is 51.1 Å². The third-order valence-corrected chi connectivity index (χ3v) is 5.45. The molecule has 3 rings (SSSR count). The number of nitrogens with one attached hydrogen (secondary N) is 1. The fourth-order valence-electron chi connectivity index (χ4n) is 2.75. The second kappa shape index (κ2) is 8.56. The van der Waals surface area contributed by atoms with Crippen LogP contribution < -0.4 is 5.32 Å². The lowest BCUT2D eigenvalue weighted by Gasteiger charge is -2.16. The zero-order valence-corrected chi connectivity index (χ0v) is 17.6.